The van der Waals surface area contributed by atoms with Crippen LogP contribution in [0.2, 0.25) is 0 Å². The SMILES string of the molecule is CC(=O)c1cccc(NC(=O)NC[C@@H]2CCO[C@@H]2c2ccccc2)c1. The average Bonchev–Trinajstić information content (AvgIpc) is 3.09. The number of hydrogen-bond acceptors (Lipinski definition) is 3. The lowest BCUT2D eigenvalue weighted by molar-refractivity contribution is 0.0911. The van der Waals surface area contributed by atoms with Gasteiger partial charge in [-0.15, -0.1) is 0 Å². The fourth-order valence-corrected chi connectivity index (χ4v) is 3.07. The van der Waals surface area contributed by atoms with Gasteiger partial charge >= 0.3 is 6.03 Å². The van der Waals surface area contributed by atoms with E-state index in [9.17, 15) is 9.59 Å². The summed E-state index contributed by atoms with van der Waals surface area (Å²) in [5, 5.41) is 5.68. The van der Waals surface area contributed by atoms with E-state index in [2.05, 4.69) is 22.8 Å². The number of ketones is 1. The zero-order valence-electron chi connectivity index (χ0n) is 14.2. The lowest BCUT2D eigenvalue weighted by Gasteiger charge is -2.19. The molecule has 2 aromatic rings. The molecule has 2 atom stereocenters. The van der Waals surface area contributed by atoms with Gasteiger partial charge in [0.2, 0.25) is 0 Å². The topological polar surface area (TPSA) is 67.4 Å². The molecule has 2 aromatic carbocycles. The van der Waals surface area contributed by atoms with E-state index >= 15 is 0 Å². The number of hydrogen-bond donors (Lipinski definition) is 2. The van der Waals surface area contributed by atoms with Crippen molar-refractivity contribution in [3.63, 3.8) is 0 Å². The summed E-state index contributed by atoms with van der Waals surface area (Å²) in [4.78, 5) is 23.6. The Morgan fingerprint density at radius 2 is 1.92 bits per heavy atom. The van der Waals surface area contributed by atoms with Crippen LogP contribution in [0.25, 0.3) is 0 Å². The quantitative estimate of drug-likeness (QED) is 0.815. The molecule has 2 N–H and O–H groups in total. The van der Waals surface area contributed by atoms with Gasteiger partial charge in [0.05, 0.1) is 6.10 Å². The highest BCUT2D eigenvalue weighted by molar-refractivity contribution is 5.96. The van der Waals surface area contributed by atoms with E-state index in [0.29, 0.717) is 24.4 Å². The summed E-state index contributed by atoms with van der Waals surface area (Å²) in [5.74, 6) is 0.217. The van der Waals surface area contributed by atoms with Crippen LogP contribution in [-0.4, -0.2) is 25.0 Å². The van der Waals surface area contributed by atoms with Gasteiger partial charge in [0, 0.05) is 30.3 Å². The number of urea groups is 1. The van der Waals surface area contributed by atoms with Gasteiger partial charge in [0.15, 0.2) is 5.78 Å². The lowest BCUT2D eigenvalue weighted by Crippen LogP contribution is -2.34. The number of nitrogens with one attached hydrogen (secondary N) is 2. The van der Waals surface area contributed by atoms with Gasteiger partial charge < -0.3 is 15.4 Å². The fraction of sp³-hybridized carbons (Fsp3) is 0.300. The third-order valence-electron chi connectivity index (χ3n) is 4.39. The molecule has 0 aliphatic carbocycles. The molecule has 0 spiro atoms. The Morgan fingerprint density at radius 1 is 1.12 bits per heavy atom. The van der Waals surface area contributed by atoms with Gasteiger partial charge in [-0.1, -0.05) is 42.5 Å². The third kappa shape index (κ3) is 4.45. The first-order valence-corrected chi connectivity index (χ1v) is 8.46. The largest absolute Gasteiger partial charge is 0.373 e. The second-order valence-electron chi connectivity index (χ2n) is 6.22. The molecular formula is C20H22N2O3. The van der Waals surface area contributed by atoms with Crippen molar-refractivity contribution in [2.45, 2.75) is 19.4 Å². The Kier molecular flexibility index (Phi) is 5.46. The molecule has 25 heavy (non-hydrogen) atoms. The van der Waals surface area contributed by atoms with Crippen molar-refractivity contribution < 1.29 is 14.3 Å². The number of carbonyl (C=O) groups excluding carboxylic acids is 2. The first kappa shape index (κ1) is 17.2. The molecule has 1 saturated heterocycles. The van der Waals surface area contributed by atoms with Crippen LogP contribution in [0.15, 0.2) is 54.6 Å². The molecule has 0 radical (unpaired) electrons. The molecule has 1 aliphatic heterocycles. The maximum atomic E-state index is 12.1. The van der Waals surface area contributed by atoms with Gasteiger partial charge in [-0.3, -0.25) is 4.79 Å². The summed E-state index contributed by atoms with van der Waals surface area (Å²) in [7, 11) is 0. The van der Waals surface area contributed by atoms with Crippen molar-refractivity contribution in [3.8, 4) is 0 Å². The van der Waals surface area contributed by atoms with Crippen molar-refractivity contribution in [2.75, 3.05) is 18.5 Å². The Bertz CT molecular complexity index is 746. The van der Waals surface area contributed by atoms with Gasteiger partial charge in [0.25, 0.3) is 0 Å². The minimum absolute atomic E-state index is 0.0162. The summed E-state index contributed by atoms with van der Waals surface area (Å²) in [6, 6.07) is 16.7. The number of carbonyl (C=O) groups is 2. The lowest BCUT2D eigenvalue weighted by atomic mass is 9.95. The zero-order chi connectivity index (χ0) is 17.6. The highest BCUT2D eigenvalue weighted by Gasteiger charge is 2.29. The first-order chi connectivity index (χ1) is 12.1. The first-order valence-electron chi connectivity index (χ1n) is 8.46. The number of Topliss-reactive ketones (excluding diaryl/α,β-unsaturated/α-hetero) is 1. The third-order valence-corrected chi connectivity index (χ3v) is 4.39. The van der Waals surface area contributed by atoms with Crippen molar-refractivity contribution in [3.05, 3.63) is 65.7 Å². The van der Waals surface area contributed by atoms with Crippen LogP contribution < -0.4 is 10.6 Å². The molecule has 0 saturated carbocycles. The Morgan fingerprint density at radius 3 is 2.68 bits per heavy atom. The van der Waals surface area contributed by atoms with Crippen molar-refractivity contribution >= 4 is 17.5 Å². The molecule has 1 aliphatic rings. The molecular weight excluding hydrogens is 316 g/mol. The molecule has 5 nitrogen and oxygen atoms in total. The second kappa shape index (κ2) is 7.94. The molecule has 0 unspecified atom stereocenters. The van der Waals surface area contributed by atoms with Gasteiger partial charge in [-0.2, -0.15) is 0 Å². The summed E-state index contributed by atoms with van der Waals surface area (Å²) in [5.41, 5.74) is 2.32. The number of rotatable bonds is 5. The standard InChI is InChI=1S/C20H22N2O3/c1-14(23)16-8-5-9-18(12-16)22-20(24)21-13-17-10-11-25-19(17)15-6-3-2-4-7-15/h2-9,12,17,19H,10-11,13H2,1H3,(H2,21,22,24)/t17-,19+/m0/s1. The average molecular weight is 338 g/mol. The smallest absolute Gasteiger partial charge is 0.319 e. The molecule has 1 heterocycles. The molecule has 0 bridgehead atoms. The van der Waals surface area contributed by atoms with E-state index in [1.807, 2.05) is 18.2 Å². The van der Waals surface area contributed by atoms with Crippen LogP contribution in [0.4, 0.5) is 10.5 Å². The highest BCUT2D eigenvalue weighted by Crippen LogP contribution is 2.33. The summed E-state index contributed by atoms with van der Waals surface area (Å²) in [6.45, 7) is 2.75. The highest BCUT2D eigenvalue weighted by atomic mass is 16.5. The Balaban J connectivity index is 1.55. The molecule has 1 fully saturated rings. The van der Waals surface area contributed by atoms with E-state index in [1.165, 1.54) is 6.92 Å². The van der Waals surface area contributed by atoms with Crippen LogP contribution in [-0.2, 0) is 4.74 Å². The minimum atomic E-state index is -0.278. The van der Waals surface area contributed by atoms with Gasteiger partial charge in [-0.05, 0) is 31.0 Å². The van der Waals surface area contributed by atoms with E-state index in [1.54, 1.807) is 24.3 Å². The molecule has 5 heteroatoms. The maximum Gasteiger partial charge on any atom is 0.319 e. The summed E-state index contributed by atoms with van der Waals surface area (Å²) >= 11 is 0. The van der Waals surface area contributed by atoms with Crippen LogP contribution in [0.1, 0.15) is 35.4 Å². The van der Waals surface area contributed by atoms with Crippen molar-refractivity contribution in [1.29, 1.82) is 0 Å². The van der Waals surface area contributed by atoms with Gasteiger partial charge in [-0.25, -0.2) is 4.79 Å². The number of benzene rings is 2. The Hall–Kier alpha value is -2.66. The van der Waals surface area contributed by atoms with Crippen LogP contribution in [0.5, 0.6) is 0 Å². The molecule has 2 amide bonds. The normalized spacial score (nSPS) is 19.4. The summed E-state index contributed by atoms with van der Waals surface area (Å²) < 4.78 is 5.84. The van der Waals surface area contributed by atoms with E-state index in [-0.39, 0.29) is 23.8 Å². The van der Waals surface area contributed by atoms with Crippen molar-refractivity contribution in [1.82, 2.24) is 5.32 Å². The van der Waals surface area contributed by atoms with Crippen LogP contribution in [0.3, 0.4) is 0 Å². The molecule has 0 aromatic heterocycles. The van der Waals surface area contributed by atoms with Crippen molar-refractivity contribution in [2.24, 2.45) is 5.92 Å². The van der Waals surface area contributed by atoms with Crippen LogP contribution in [0, 0.1) is 5.92 Å². The van der Waals surface area contributed by atoms with Gasteiger partial charge in [0.1, 0.15) is 0 Å². The number of ether oxygens (including phenoxy) is 1. The van der Waals surface area contributed by atoms with E-state index in [4.69, 9.17) is 4.74 Å². The van der Waals surface area contributed by atoms with E-state index < -0.39 is 0 Å². The predicted molar refractivity (Wildman–Crippen MR) is 96.7 cm³/mol. The summed E-state index contributed by atoms with van der Waals surface area (Å²) in [6.07, 6.45) is 0.933. The molecule has 130 valence electrons. The maximum absolute atomic E-state index is 12.1. The number of anilines is 1. The monoisotopic (exact) mass is 338 g/mol. The minimum Gasteiger partial charge on any atom is -0.373 e. The number of amides is 2. The zero-order valence-corrected chi connectivity index (χ0v) is 14.2. The second-order valence-corrected chi connectivity index (χ2v) is 6.22. The fourth-order valence-electron chi connectivity index (χ4n) is 3.07. The Labute approximate surface area is 147 Å². The van der Waals surface area contributed by atoms with Crippen LogP contribution >= 0.6 is 0 Å². The van der Waals surface area contributed by atoms with E-state index in [0.717, 1.165) is 12.0 Å². The molecule has 3 rings (SSSR count). The predicted octanol–water partition coefficient (Wildman–Crippen LogP) is 3.79.